The Balaban J connectivity index is 1.95. The smallest absolute Gasteiger partial charge is 0.223 e. The first kappa shape index (κ1) is 14.8. The minimum absolute atomic E-state index is 0.0730. The SMILES string of the molecule is CC1CCCC(CO)(NC(=O)C2CCNC(C)C2)C1. The van der Waals surface area contributed by atoms with Gasteiger partial charge in [-0.05, 0) is 45.1 Å². The van der Waals surface area contributed by atoms with Crippen LogP contribution in [-0.2, 0) is 4.79 Å². The molecule has 4 nitrogen and oxygen atoms in total. The van der Waals surface area contributed by atoms with Crippen LogP contribution in [0.1, 0.15) is 52.4 Å². The van der Waals surface area contributed by atoms with E-state index in [2.05, 4.69) is 24.5 Å². The molecule has 0 aromatic heterocycles. The van der Waals surface area contributed by atoms with Crippen LogP contribution in [0.5, 0.6) is 0 Å². The molecule has 19 heavy (non-hydrogen) atoms. The topological polar surface area (TPSA) is 61.4 Å². The maximum absolute atomic E-state index is 12.4. The highest BCUT2D eigenvalue weighted by atomic mass is 16.3. The molecule has 1 amide bonds. The van der Waals surface area contributed by atoms with E-state index in [-0.39, 0.29) is 24.0 Å². The van der Waals surface area contributed by atoms with Crippen LogP contribution in [0.3, 0.4) is 0 Å². The van der Waals surface area contributed by atoms with Crippen LogP contribution in [0, 0.1) is 11.8 Å². The molecule has 0 radical (unpaired) electrons. The Hall–Kier alpha value is -0.610. The lowest BCUT2D eigenvalue weighted by Gasteiger charge is -2.41. The molecule has 2 rings (SSSR count). The van der Waals surface area contributed by atoms with Crippen molar-refractivity contribution < 1.29 is 9.90 Å². The zero-order chi connectivity index (χ0) is 13.9. The summed E-state index contributed by atoms with van der Waals surface area (Å²) in [5.41, 5.74) is -0.358. The van der Waals surface area contributed by atoms with E-state index in [4.69, 9.17) is 0 Å². The zero-order valence-corrected chi connectivity index (χ0v) is 12.2. The number of hydrogen-bond acceptors (Lipinski definition) is 3. The summed E-state index contributed by atoms with van der Waals surface area (Å²) in [5, 5.41) is 16.3. The standard InChI is InChI=1S/C15H28N2O2/c1-11-4-3-6-15(9-11,10-18)17-14(19)13-5-7-16-12(2)8-13/h11-13,16,18H,3-10H2,1-2H3,(H,17,19). The average Bonchev–Trinajstić information content (AvgIpc) is 2.38. The van der Waals surface area contributed by atoms with Crippen molar-refractivity contribution in [2.75, 3.05) is 13.2 Å². The fourth-order valence-corrected chi connectivity index (χ4v) is 3.69. The van der Waals surface area contributed by atoms with E-state index < -0.39 is 0 Å². The summed E-state index contributed by atoms with van der Waals surface area (Å²) in [5.74, 6) is 0.849. The molecule has 2 fully saturated rings. The Labute approximate surface area is 116 Å². The lowest BCUT2D eigenvalue weighted by molar-refractivity contribution is -0.129. The Kier molecular flexibility index (Phi) is 4.85. The summed E-state index contributed by atoms with van der Waals surface area (Å²) in [4.78, 5) is 12.4. The molecule has 0 aromatic carbocycles. The Morgan fingerprint density at radius 3 is 2.84 bits per heavy atom. The summed E-state index contributed by atoms with van der Waals surface area (Å²) >= 11 is 0. The van der Waals surface area contributed by atoms with Gasteiger partial charge in [-0.15, -0.1) is 0 Å². The van der Waals surface area contributed by atoms with Crippen LogP contribution in [0.2, 0.25) is 0 Å². The first-order chi connectivity index (χ1) is 9.04. The van der Waals surface area contributed by atoms with Gasteiger partial charge in [-0.3, -0.25) is 4.79 Å². The van der Waals surface area contributed by atoms with Gasteiger partial charge in [0.25, 0.3) is 0 Å². The zero-order valence-electron chi connectivity index (χ0n) is 12.2. The van der Waals surface area contributed by atoms with E-state index in [9.17, 15) is 9.90 Å². The van der Waals surface area contributed by atoms with Crippen molar-refractivity contribution in [1.29, 1.82) is 0 Å². The van der Waals surface area contributed by atoms with Gasteiger partial charge in [-0.2, -0.15) is 0 Å². The van der Waals surface area contributed by atoms with Crippen molar-refractivity contribution in [2.45, 2.75) is 64.0 Å². The number of rotatable bonds is 3. The average molecular weight is 268 g/mol. The maximum atomic E-state index is 12.4. The second kappa shape index (κ2) is 6.23. The molecule has 4 unspecified atom stereocenters. The van der Waals surface area contributed by atoms with E-state index in [1.807, 2.05) is 0 Å². The van der Waals surface area contributed by atoms with E-state index in [0.29, 0.717) is 12.0 Å². The van der Waals surface area contributed by atoms with Crippen molar-refractivity contribution in [3.8, 4) is 0 Å². The van der Waals surface area contributed by atoms with Crippen molar-refractivity contribution in [2.24, 2.45) is 11.8 Å². The van der Waals surface area contributed by atoms with Gasteiger partial charge < -0.3 is 15.7 Å². The Morgan fingerprint density at radius 1 is 1.42 bits per heavy atom. The molecule has 1 aliphatic heterocycles. The van der Waals surface area contributed by atoms with E-state index in [1.165, 1.54) is 6.42 Å². The third kappa shape index (κ3) is 3.69. The van der Waals surface area contributed by atoms with Crippen LogP contribution < -0.4 is 10.6 Å². The normalized spacial score (nSPS) is 39.8. The number of nitrogens with one attached hydrogen (secondary N) is 2. The molecule has 3 N–H and O–H groups in total. The molecule has 1 saturated heterocycles. The summed E-state index contributed by atoms with van der Waals surface area (Å²) in [6, 6.07) is 0.417. The van der Waals surface area contributed by atoms with Gasteiger partial charge in [0, 0.05) is 12.0 Å². The minimum atomic E-state index is -0.358. The number of carbonyl (C=O) groups is 1. The molecule has 1 aliphatic carbocycles. The molecule has 2 aliphatic rings. The molecule has 0 bridgehead atoms. The molecule has 0 aromatic rings. The number of carbonyl (C=O) groups excluding carboxylic acids is 1. The number of hydrogen-bond donors (Lipinski definition) is 3. The van der Waals surface area contributed by atoms with Crippen LogP contribution in [0.4, 0.5) is 0 Å². The molecule has 4 heteroatoms. The van der Waals surface area contributed by atoms with Gasteiger partial charge >= 0.3 is 0 Å². The third-order valence-corrected chi connectivity index (χ3v) is 4.78. The molecule has 110 valence electrons. The first-order valence-electron chi connectivity index (χ1n) is 7.71. The third-order valence-electron chi connectivity index (χ3n) is 4.78. The Bertz CT molecular complexity index is 321. The fraction of sp³-hybridized carbons (Fsp3) is 0.933. The van der Waals surface area contributed by atoms with E-state index in [0.717, 1.165) is 38.6 Å². The lowest BCUT2D eigenvalue weighted by atomic mass is 9.76. The van der Waals surface area contributed by atoms with Gasteiger partial charge in [-0.25, -0.2) is 0 Å². The maximum Gasteiger partial charge on any atom is 0.223 e. The van der Waals surface area contributed by atoms with Gasteiger partial charge in [0.1, 0.15) is 0 Å². The molecule has 0 spiro atoms. The number of aliphatic hydroxyl groups is 1. The summed E-state index contributed by atoms with van der Waals surface area (Å²) in [7, 11) is 0. The quantitative estimate of drug-likeness (QED) is 0.725. The van der Waals surface area contributed by atoms with Crippen LogP contribution in [0.25, 0.3) is 0 Å². The summed E-state index contributed by atoms with van der Waals surface area (Å²) in [6.07, 6.45) is 5.96. The summed E-state index contributed by atoms with van der Waals surface area (Å²) in [6.45, 7) is 5.33. The Morgan fingerprint density at radius 2 is 2.21 bits per heavy atom. The molecule has 1 saturated carbocycles. The highest BCUT2D eigenvalue weighted by Gasteiger charge is 2.37. The van der Waals surface area contributed by atoms with Gasteiger partial charge in [0.05, 0.1) is 12.1 Å². The molecular formula is C15H28N2O2. The van der Waals surface area contributed by atoms with Gasteiger partial charge in [0.15, 0.2) is 0 Å². The minimum Gasteiger partial charge on any atom is -0.394 e. The van der Waals surface area contributed by atoms with Crippen molar-refractivity contribution in [3.05, 3.63) is 0 Å². The molecular weight excluding hydrogens is 240 g/mol. The molecule has 4 atom stereocenters. The van der Waals surface area contributed by atoms with E-state index >= 15 is 0 Å². The van der Waals surface area contributed by atoms with Crippen LogP contribution in [-0.4, -0.2) is 35.7 Å². The van der Waals surface area contributed by atoms with Crippen molar-refractivity contribution >= 4 is 5.91 Å². The first-order valence-corrected chi connectivity index (χ1v) is 7.71. The number of amides is 1. The fourth-order valence-electron chi connectivity index (χ4n) is 3.69. The van der Waals surface area contributed by atoms with Crippen LogP contribution >= 0.6 is 0 Å². The highest BCUT2D eigenvalue weighted by Crippen LogP contribution is 2.32. The largest absolute Gasteiger partial charge is 0.394 e. The van der Waals surface area contributed by atoms with Gasteiger partial charge in [-0.1, -0.05) is 19.8 Å². The number of piperidine rings is 1. The second-order valence-corrected chi connectivity index (χ2v) is 6.71. The lowest BCUT2D eigenvalue weighted by Crippen LogP contribution is -2.56. The van der Waals surface area contributed by atoms with Crippen molar-refractivity contribution in [3.63, 3.8) is 0 Å². The molecule has 1 heterocycles. The predicted octanol–water partition coefficient (Wildman–Crippen LogP) is 1.43. The predicted molar refractivity (Wildman–Crippen MR) is 75.8 cm³/mol. The highest BCUT2D eigenvalue weighted by molar-refractivity contribution is 5.79. The van der Waals surface area contributed by atoms with Crippen LogP contribution in [0.15, 0.2) is 0 Å². The number of aliphatic hydroxyl groups excluding tert-OH is 1. The van der Waals surface area contributed by atoms with E-state index in [1.54, 1.807) is 0 Å². The monoisotopic (exact) mass is 268 g/mol. The summed E-state index contributed by atoms with van der Waals surface area (Å²) < 4.78 is 0. The van der Waals surface area contributed by atoms with Gasteiger partial charge in [0.2, 0.25) is 5.91 Å². The van der Waals surface area contributed by atoms with Crippen molar-refractivity contribution in [1.82, 2.24) is 10.6 Å². The second-order valence-electron chi connectivity index (χ2n) is 6.71.